The number of carbonyl (C=O) groups excluding carboxylic acids is 1. The van der Waals surface area contributed by atoms with Gasteiger partial charge in [-0.25, -0.2) is 18.2 Å². The summed E-state index contributed by atoms with van der Waals surface area (Å²) in [6.07, 6.45) is 1.47. The molecule has 1 aliphatic heterocycles. The maximum absolute atomic E-state index is 13.6. The largest absolute Gasteiger partial charge is 0.486 e. The van der Waals surface area contributed by atoms with E-state index in [0.29, 0.717) is 12.4 Å². The van der Waals surface area contributed by atoms with Crippen molar-refractivity contribution in [2.24, 2.45) is 5.10 Å². The van der Waals surface area contributed by atoms with Crippen LogP contribution in [0.25, 0.3) is 0 Å². The fraction of sp³-hybridized carbons (Fsp3) is 0.259. The Bertz CT molecular complexity index is 1400. The lowest BCUT2D eigenvalue weighted by Gasteiger charge is -2.25. The van der Waals surface area contributed by atoms with Gasteiger partial charge in [-0.1, -0.05) is 45.0 Å². The topological polar surface area (TPSA) is 97.3 Å². The molecule has 0 spiro atoms. The minimum Gasteiger partial charge on any atom is -0.486 e. The zero-order valence-corrected chi connectivity index (χ0v) is 21.6. The second-order valence-electron chi connectivity index (χ2n) is 9.46. The fourth-order valence-electron chi connectivity index (χ4n) is 3.65. The van der Waals surface area contributed by atoms with Gasteiger partial charge in [0.05, 0.1) is 16.8 Å². The van der Waals surface area contributed by atoms with E-state index in [1.54, 1.807) is 0 Å². The number of amides is 1. The monoisotopic (exact) mass is 525 g/mol. The van der Waals surface area contributed by atoms with Gasteiger partial charge in [0.15, 0.2) is 11.5 Å². The molecule has 1 N–H and O–H groups in total. The molecule has 4 rings (SSSR count). The van der Waals surface area contributed by atoms with Crippen LogP contribution in [0.5, 0.6) is 11.5 Å². The smallest absolute Gasteiger partial charge is 0.264 e. The molecule has 0 saturated carbocycles. The molecular formula is C27H28FN3O5S. The number of fused-ring (bicyclic) bond motifs is 1. The summed E-state index contributed by atoms with van der Waals surface area (Å²) in [7, 11) is -4.23. The first-order chi connectivity index (χ1) is 17.5. The van der Waals surface area contributed by atoms with Crippen LogP contribution in [0.4, 0.5) is 10.1 Å². The maximum Gasteiger partial charge on any atom is 0.264 e. The molecule has 8 nitrogen and oxygen atoms in total. The van der Waals surface area contributed by atoms with Crippen LogP contribution in [0.1, 0.15) is 31.9 Å². The Balaban J connectivity index is 1.54. The third kappa shape index (κ3) is 6.26. The summed E-state index contributed by atoms with van der Waals surface area (Å²) in [6, 6.07) is 16.8. The van der Waals surface area contributed by atoms with Gasteiger partial charge in [-0.05, 0) is 52.9 Å². The molecule has 1 aliphatic rings. The number of hydrazone groups is 1. The van der Waals surface area contributed by atoms with Crippen LogP contribution in [0, 0.1) is 5.82 Å². The van der Waals surface area contributed by atoms with Crippen molar-refractivity contribution in [1.29, 1.82) is 0 Å². The predicted octanol–water partition coefficient (Wildman–Crippen LogP) is 4.24. The number of nitrogens with zero attached hydrogens (tertiary/aromatic N) is 2. The summed E-state index contributed by atoms with van der Waals surface area (Å²) in [5.74, 6) is -0.487. The molecule has 0 aliphatic carbocycles. The number of carbonyl (C=O) groups is 1. The van der Waals surface area contributed by atoms with E-state index in [1.807, 2.05) is 24.3 Å². The number of benzene rings is 3. The highest BCUT2D eigenvalue weighted by molar-refractivity contribution is 7.92. The molecule has 0 atom stereocenters. The van der Waals surface area contributed by atoms with E-state index in [1.165, 1.54) is 36.5 Å². The summed E-state index contributed by atoms with van der Waals surface area (Å²) in [5, 5.41) is 3.96. The van der Waals surface area contributed by atoms with Gasteiger partial charge in [-0.15, -0.1) is 0 Å². The molecule has 0 radical (unpaired) electrons. The minimum absolute atomic E-state index is 0.0103. The van der Waals surface area contributed by atoms with Crippen molar-refractivity contribution in [1.82, 2.24) is 5.43 Å². The second-order valence-corrected chi connectivity index (χ2v) is 11.3. The Morgan fingerprint density at radius 2 is 1.65 bits per heavy atom. The molecule has 0 unspecified atom stereocenters. The van der Waals surface area contributed by atoms with Gasteiger partial charge >= 0.3 is 0 Å². The molecular weight excluding hydrogens is 497 g/mol. The van der Waals surface area contributed by atoms with E-state index in [0.717, 1.165) is 27.6 Å². The zero-order chi connectivity index (χ0) is 26.6. The maximum atomic E-state index is 13.6. The van der Waals surface area contributed by atoms with Crippen molar-refractivity contribution in [2.75, 3.05) is 24.1 Å². The molecule has 0 saturated heterocycles. The highest BCUT2D eigenvalue weighted by atomic mass is 32.2. The fourth-order valence-corrected chi connectivity index (χ4v) is 5.08. The molecule has 0 fully saturated rings. The highest BCUT2D eigenvalue weighted by Crippen LogP contribution is 2.34. The van der Waals surface area contributed by atoms with Crippen LogP contribution in [0.15, 0.2) is 76.7 Å². The van der Waals surface area contributed by atoms with Crippen molar-refractivity contribution in [2.45, 2.75) is 31.1 Å². The Morgan fingerprint density at radius 3 is 2.30 bits per heavy atom. The Labute approximate surface area is 215 Å². The molecule has 37 heavy (non-hydrogen) atoms. The van der Waals surface area contributed by atoms with E-state index in [2.05, 4.69) is 31.3 Å². The Hall–Kier alpha value is -3.92. The second kappa shape index (κ2) is 10.6. The van der Waals surface area contributed by atoms with Gasteiger partial charge in [0.2, 0.25) is 0 Å². The normalized spacial score (nSPS) is 13.4. The molecule has 10 heteroatoms. The number of nitrogens with one attached hydrogen (secondary N) is 1. The quantitative estimate of drug-likeness (QED) is 0.368. The minimum atomic E-state index is -4.23. The van der Waals surface area contributed by atoms with Gasteiger partial charge in [0, 0.05) is 6.07 Å². The lowest BCUT2D eigenvalue weighted by molar-refractivity contribution is -0.119. The molecule has 1 amide bonds. The van der Waals surface area contributed by atoms with Crippen LogP contribution in [0.3, 0.4) is 0 Å². The van der Waals surface area contributed by atoms with Crippen molar-refractivity contribution in [3.8, 4) is 11.5 Å². The predicted molar refractivity (Wildman–Crippen MR) is 139 cm³/mol. The first-order valence-corrected chi connectivity index (χ1v) is 13.1. The highest BCUT2D eigenvalue weighted by Gasteiger charge is 2.29. The van der Waals surface area contributed by atoms with E-state index < -0.39 is 28.3 Å². The van der Waals surface area contributed by atoms with E-state index in [-0.39, 0.29) is 28.4 Å². The Kier molecular flexibility index (Phi) is 7.49. The first kappa shape index (κ1) is 26.2. The Morgan fingerprint density at radius 1 is 1.00 bits per heavy atom. The molecule has 1 heterocycles. The number of ether oxygens (including phenoxy) is 2. The summed E-state index contributed by atoms with van der Waals surface area (Å²) in [6.45, 7) is 6.41. The lowest BCUT2D eigenvalue weighted by atomic mass is 9.87. The summed E-state index contributed by atoms with van der Waals surface area (Å²) in [5.41, 5.74) is 4.43. The summed E-state index contributed by atoms with van der Waals surface area (Å²) < 4.78 is 52.5. The molecule has 3 aromatic rings. The number of rotatable bonds is 7. The lowest BCUT2D eigenvalue weighted by Crippen LogP contribution is -2.39. The van der Waals surface area contributed by atoms with Crippen LogP contribution in [-0.4, -0.2) is 40.3 Å². The average molecular weight is 526 g/mol. The number of hydrogen-bond donors (Lipinski definition) is 1. The number of hydrogen-bond acceptors (Lipinski definition) is 6. The molecule has 194 valence electrons. The van der Waals surface area contributed by atoms with Crippen molar-refractivity contribution in [3.05, 3.63) is 83.7 Å². The molecule has 0 aromatic heterocycles. The number of halogens is 1. The van der Waals surface area contributed by atoms with Crippen LogP contribution in [-0.2, 0) is 20.2 Å². The van der Waals surface area contributed by atoms with Gasteiger partial charge in [0.25, 0.3) is 15.9 Å². The summed E-state index contributed by atoms with van der Waals surface area (Å²) >= 11 is 0. The number of anilines is 1. The number of sulfonamides is 1. The third-order valence-corrected chi connectivity index (χ3v) is 7.45. The van der Waals surface area contributed by atoms with E-state index in [4.69, 9.17) is 9.47 Å². The summed E-state index contributed by atoms with van der Waals surface area (Å²) in [4.78, 5) is 12.6. The average Bonchev–Trinajstić information content (AvgIpc) is 2.87. The standard InChI is InChI=1S/C27H28FN3O5S/c1-27(2,3)20-6-4-19(5-7-20)17-29-30-26(32)18-31(22-10-8-21(28)9-11-22)37(33,34)23-12-13-24-25(16-23)36-15-14-35-24/h4-13,16-17H,14-15,18H2,1-3H3,(H,30,32)/b29-17-. The first-order valence-electron chi connectivity index (χ1n) is 11.6. The third-order valence-electron chi connectivity index (χ3n) is 5.68. The zero-order valence-electron chi connectivity index (χ0n) is 20.8. The van der Waals surface area contributed by atoms with Crippen molar-refractivity contribution in [3.63, 3.8) is 0 Å². The van der Waals surface area contributed by atoms with Gasteiger partial charge in [-0.3, -0.25) is 9.10 Å². The van der Waals surface area contributed by atoms with Crippen molar-refractivity contribution >= 4 is 27.8 Å². The van der Waals surface area contributed by atoms with Crippen LogP contribution < -0.4 is 19.2 Å². The van der Waals surface area contributed by atoms with Crippen LogP contribution >= 0.6 is 0 Å². The van der Waals surface area contributed by atoms with Crippen LogP contribution in [0.2, 0.25) is 0 Å². The van der Waals surface area contributed by atoms with Gasteiger partial charge in [-0.2, -0.15) is 5.10 Å². The van der Waals surface area contributed by atoms with E-state index in [9.17, 15) is 17.6 Å². The van der Waals surface area contributed by atoms with Gasteiger partial charge in [0.1, 0.15) is 25.6 Å². The molecule has 3 aromatic carbocycles. The molecule has 0 bridgehead atoms. The van der Waals surface area contributed by atoms with E-state index >= 15 is 0 Å². The van der Waals surface area contributed by atoms with Gasteiger partial charge < -0.3 is 9.47 Å². The SMILES string of the molecule is CC(C)(C)c1ccc(/C=N\NC(=O)CN(c2ccc(F)cc2)S(=O)(=O)c2ccc3c(c2)OCCO3)cc1. The van der Waals surface area contributed by atoms with Crippen molar-refractivity contribution < 1.29 is 27.1 Å².